The van der Waals surface area contributed by atoms with Gasteiger partial charge in [-0.25, -0.2) is 0 Å². The van der Waals surface area contributed by atoms with Gasteiger partial charge in [0.2, 0.25) is 5.91 Å². The number of aliphatic hydroxyl groups is 2. The van der Waals surface area contributed by atoms with E-state index in [9.17, 15) is 15.0 Å². The normalized spacial score (nSPS) is 30.8. The van der Waals surface area contributed by atoms with E-state index < -0.39 is 18.1 Å². The SMILES string of the molecule is COc1ccc([C@@H]2CN(C(=O)CO)C[C@@]2(C)[C@@H](C)O)cc1OC1CCC(C)CC1. The van der Waals surface area contributed by atoms with Gasteiger partial charge in [0, 0.05) is 24.4 Å². The van der Waals surface area contributed by atoms with E-state index in [1.165, 1.54) is 12.8 Å². The van der Waals surface area contributed by atoms with Crippen molar-refractivity contribution in [3.63, 3.8) is 0 Å². The second kappa shape index (κ2) is 8.92. The molecule has 1 aromatic carbocycles. The monoisotopic (exact) mass is 405 g/mol. The van der Waals surface area contributed by atoms with Crippen LogP contribution < -0.4 is 9.47 Å². The summed E-state index contributed by atoms with van der Waals surface area (Å²) in [7, 11) is 1.64. The number of methoxy groups -OCH3 is 1. The number of rotatable bonds is 6. The molecule has 1 saturated carbocycles. The molecule has 0 bridgehead atoms. The quantitative estimate of drug-likeness (QED) is 0.761. The molecule has 6 heteroatoms. The Balaban J connectivity index is 1.87. The first kappa shape index (κ1) is 21.9. The van der Waals surface area contributed by atoms with Crippen molar-refractivity contribution in [1.82, 2.24) is 4.90 Å². The second-order valence-electron chi connectivity index (χ2n) is 9.08. The highest BCUT2D eigenvalue weighted by atomic mass is 16.5. The maximum Gasteiger partial charge on any atom is 0.248 e. The van der Waals surface area contributed by atoms with Gasteiger partial charge in [-0.15, -0.1) is 0 Å². The maximum atomic E-state index is 12.1. The van der Waals surface area contributed by atoms with Crippen LogP contribution in [-0.4, -0.2) is 60.0 Å². The molecular weight excluding hydrogens is 370 g/mol. The van der Waals surface area contributed by atoms with Crippen LogP contribution in [0.2, 0.25) is 0 Å². The number of nitrogens with zero attached hydrogens (tertiary/aromatic N) is 1. The van der Waals surface area contributed by atoms with Gasteiger partial charge in [0.1, 0.15) is 6.61 Å². The Kier molecular flexibility index (Phi) is 6.74. The molecule has 2 aliphatic rings. The van der Waals surface area contributed by atoms with Crippen molar-refractivity contribution in [2.45, 2.75) is 64.6 Å². The third-order valence-corrected chi connectivity index (χ3v) is 7.02. The number of likely N-dealkylation sites (tertiary alicyclic amines) is 1. The summed E-state index contributed by atoms with van der Waals surface area (Å²) < 4.78 is 11.9. The minimum atomic E-state index is -0.602. The third-order valence-electron chi connectivity index (χ3n) is 7.02. The molecule has 1 aliphatic heterocycles. The van der Waals surface area contributed by atoms with Gasteiger partial charge in [-0.1, -0.05) is 19.9 Å². The third kappa shape index (κ3) is 4.53. The van der Waals surface area contributed by atoms with Crippen LogP contribution in [0.25, 0.3) is 0 Å². The molecule has 0 aromatic heterocycles. The van der Waals surface area contributed by atoms with E-state index in [0.717, 1.165) is 30.1 Å². The van der Waals surface area contributed by atoms with E-state index in [4.69, 9.17) is 9.47 Å². The Morgan fingerprint density at radius 1 is 1.28 bits per heavy atom. The Labute approximate surface area is 173 Å². The van der Waals surface area contributed by atoms with Crippen molar-refractivity contribution in [2.24, 2.45) is 11.3 Å². The predicted octanol–water partition coefficient (Wildman–Crippen LogP) is 2.96. The van der Waals surface area contributed by atoms with Crippen LogP contribution in [0.1, 0.15) is 57.9 Å². The van der Waals surface area contributed by atoms with Gasteiger partial charge < -0.3 is 24.6 Å². The van der Waals surface area contributed by atoms with Crippen LogP contribution in [0.4, 0.5) is 0 Å². The molecule has 1 saturated heterocycles. The van der Waals surface area contributed by atoms with Gasteiger partial charge in [0.15, 0.2) is 11.5 Å². The molecule has 1 aliphatic carbocycles. The zero-order valence-electron chi connectivity index (χ0n) is 18.1. The molecule has 2 fully saturated rings. The zero-order valence-corrected chi connectivity index (χ0v) is 18.1. The van der Waals surface area contributed by atoms with E-state index >= 15 is 0 Å². The van der Waals surface area contributed by atoms with E-state index in [2.05, 4.69) is 6.92 Å². The van der Waals surface area contributed by atoms with E-state index in [1.807, 2.05) is 25.1 Å². The number of amides is 1. The lowest BCUT2D eigenvalue weighted by Gasteiger charge is -2.34. The fourth-order valence-electron chi connectivity index (χ4n) is 4.74. The number of benzene rings is 1. The van der Waals surface area contributed by atoms with Crippen LogP contribution >= 0.6 is 0 Å². The second-order valence-corrected chi connectivity index (χ2v) is 9.08. The molecule has 0 spiro atoms. The fourth-order valence-corrected chi connectivity index (χ4v) is 4.74. The van der Waals surface area contributed by atoms with Gasteiger partial charge in [-0.05, 0) is 56.2 Å². The predicted molar refractivity (Wildman–Crippen MR) is 111 cm³/mol. The van der Waals surface area contributed by atoms with Crippen molar-refractivity contribution >= 4 is 5.91 Å². The number of carbonyl (C=O) groups excluding carboxylic acids is 1. The van der Waals surface area contributed by atoms with Crippen LogP contribution in [-0.2, 0) is 4.79 Å². The highest BCUT2D eigenvalue weighted by molar-refractivity contribution is 5.77. The van der Waals surface area contributed by atoms with Gasteiger partial charge >= 0.3 is 0 Å². The maximum absolute atomic E-state index is 12.1. The molecule has 0 unspecified atom stereocenters. The molecule has 162 valence electrons. The van der Waals surface area contributed by atoms with Gasteiger partial charge in [-0.2, -0.15) is 0 Å². The van der Waals surface area contributed by atoms with Crippen molar-refractivity contribution in [3.8, 4) is 11.5 Å². The number of aliphatic hydroxyl groups excluding tert-OH is 2. The summed E-state index contributed by atoms with van der Waals surface area (Å²) in [6.07, 6.45) is 4.02. The summed E-state index contributed by atoms with van der Waals surface area (Å²) in [5.41, 5.74) is 0.512. The van der Waals surface area contributed by atoms with Gasteiger partial charge in [0.25, 0.3) is 0 Å². The molecular formula is C23H35NO5. The Morgan fingerprint density at radius 3 is 2.55 bits per heavy atom. The molecule has 6 nitrogen and oxygen atoms in total. The van der Waals surface area contributed by atoms with E-state index in [1.54, 1.807) is 18.9 Å². The summed E-state index contributed by atoms with van der Waals surface area (Å²) in [4.78, 5) is 13.8. The molecule has 1 amide bonds. The fraction of sp³-hybridized carbons (Fsp3) is 0.696. The number of ether oxygens (including phenoxy) is 2. The Hall–Kier alpha value is -1.79. The van der Waals surface area contributed by atoms with Crippen LogP contribution in [0.15, 0.2) is 18.2 Å². The summed E-state index contributed by atoms with van der Waals surface area (Å²) >= 11 is 0. The van der Waals surface area contributed by atoms with Crippen LogP contribution in [0, 0.1) is 11.3 Å². The summed E-state index contributed by atoms with van der Waals surface area (Å²) in [6, 6.07) is 5.91. The number of hydrogen-bond acceptors (Lipinski definition) is 5. The zero-order chi connectivity index (χ0) is 21.2. The molecule has 0 radical (unpaired) electrons. The Bertz CT molecular complexity index is 713. The van der Waals surface area contributed by atoms with Crippen molar-refractivity contribution in [2.75, 3.05) is 26.8 Å². The first-order valence-corrected chi connectivity index (χ1v) is 10.7. The van der Waals surface area contributed by atoms with E-state index in [0.29, 0.717) is 18.8 Å². The highest BCUT2D eigenvalue weighted by Gasteiger charge is 2.48. The minimum Gasteiger partial charge on any atom is -0.493 e. The van der Waals surface area contributed by atoms with Gasteiger partial charge in [-0.3, -0.25) is 4.79 Å². The largest absolute Gasteiger partial charge is 0.493 e. The molecule has 1 heterocycles. The molecule has 3 rings (SSSR count). The summed E-state index contributed by atoms with van der Waals surface area (Å²) in [5.74, 6) is 1.82. The van der Waals surface area contributed by atoms with E-state index in [-0.39, 0.29) is 17.9 Å². The number of carbonyl (C=O) groups is 1. The van der Waals surface area contributed by atoms with Crippen molar-refractivity contribution in [3.05, 3.63) is 23.8 Å². The Morgan fingerprint density at radius 2 is 1.97 bits per heavy atom. The smallest absolute Gasteiger partial charge is 0.248 e. The lowest BCUT2D eigenvalue weighted by atomic mass is 9.72. The molecule has 2 N–H and O–H groups in total. The van der Waals surface area contributed by atoms with Crippen LogP contribution in [0.5, 0.6) is 11.5 Å². The summed E-state index contributed by atoms with van der Waals surface area (Å²) in [5, 5.41) is 19.8. The van der Waals surface area contributed by atoms with Gasteiger partial charge in [0.05, 0.1) is 19.3 Å². The lowest BCUT2D eigenvalue weighted by Crippen LogP contribution is -2.38. The highest BCUT2D eigenvalue weighted by Crippen LogP contribution is 2.47. The first-order valence-electron chi connectivity index (χ1n) is 10.7. The lowest BCUT2D eigenvalue weighted by molar-refractivity contribution is -0.133. The standard InChI is InChI=1S/C23H35NO5/c1-15-5-8-18(9-6-15)29-21-11-17(7-10-20(21)28-4)19-12-24(22(27)13-25)14-23(19,3)16(2)26/h7,10-11,15-16,18-19,25-26H,5-6,8-9,12-14H2,1-4H3/t15?,16-,18?,19+,23+/m1/s1. The topological polar surface area (TPSA) is 79.2 Å². The average Bonchev–Trinajstić information content (AvgIpc) is 3.08. The molecule has 3 atom stereocenters. The molecule has 1 aromatic rings. The van der Waals surface area contributed by atoms with Crippen LogP contribution in [0.3, 0.4) is 0 Å². The van der Waals surface area contributed by atoms with Crippen molar-refractivity contribution < 1.29 is 24.5 Å². The van der Waals surface area contributed by atoms with Crippen molar-refractivity contribution in [1.29, 1.82) is 0 Å². The first-order chi connectivity index (χ1) is 13.8. The summed E-state index contributed by atoms with van der Waals surface area (Å²) in [6.45, 7) is 6.42. The molecule has 29 heavy (non-hydrogen) atoms. The minimum absolute atomic E-state index is 0.0577. The number of hydrogen-bond donors (Lipinski definition) is 2. The average molecular weight is 406 g/mol.